The summed E-state index contributed by atoms with van der Waals surface area (Å²) in [4.78, 5) is 4.36. The zero-order valence-corrected chi connectivity index (χ0v) is 10.5. The molecule has 0 saturated carbocycles. The van der Waals surface area contributed by atoms with E-state index in [9.17, 15) is 0 Å². The molecule has 1 heterocycles. The highest BCUT2D eigenvalue weighted by molar-refractivity contribution is 5.72. The second-order valence-electron chi connectivity index (χ2n) is 4.07. The van der Waals surface area contributed by atoms with E-state index in [0.717, 1.165) is 22.6 Å². The van der Waals surface area contributed by atoms with Crippen LogP contribution in [-0.4, -0.2) is 11.6 Å². The number of ether oxygens (including phenoxy) is 1. The van der Waals surface area contributed by atoms with Crippen LogP contribution in [0.1, 0.15) is 18.2 Å². The second kappa shape index (κ2) is 5.00. The first-order valence-electron chi connectivity index (χ1n) is 5.88. The van der Waals surface area contributed by atoms with Gasteiger partial charge in [-0.1, -0.05) is 18.2 Å². The molecule has 0 radical (unpaired) electrons. The maximum atomic E-state index is 5.65. The van der Waals surface area contributed by atoms with Crippen LogP contribution in [0.25, 0.3) is 11.1 Å². The van der Waals surface area contributed by atoms with Crippen molar-refractivity contribution in [3.05, 3.63) is 47.8 Å². The van der Waals surface area contributed by atoms with Crippen LogP contribution in [-0.2, 0) is 0 Å². The molecule has 0 aliphatic heterocycles. The number of benzene rings is 1. The van der Waals surface area contributed by atoms with Crippen LogP contribution in [0.2, 0.25) is 0 Å². The molecule has 0 amide bonds. The van der Waals surface area contributed by atoms with E-state index in [0.29, 0.717) is 6.61 Å². The molecular formula is C15H17NO. The summed E-state index contributed by atoms with van der Waals surface area (Å²) in [6.07, 6.45) is 1.92. The van der Waals surface area contributed by atoms with Crippen molar-refractivity contribution in [3.63, 3.8) is 0 Å². The minimum absolute atomic E-state index is 0.676. The third-order valence-electron chi connectivity index (χ3n) is 2.72. The molecule has 0 saturated heterocycles. The standard InChI is InChI=1S/C15H17NO/c1-4-17-15-8-6-5-7-13(15)14-10-16-12(3)9-11(14)2/h5-10H,4H2,1-3H3. The molecule has 0 bridgehead atoms. The molecule has 2 rings (SSSR count). The van der Waals surface area contributed by atoms with Crippen LogP contribution >= 0.6 is 0 Å². The monoisotopic (exact) mass is 227 g/mol. The summed E-state index contributed by atoms with van der Waals surface area (Å²) in [5.41, 5.74) is 4.52. The number of pyridine rings is 1. The zero-order chi connectivity index (χ0) is 12.3. The summed E-state index contributed by atoms with van der Waals surface area (Å²) in [6, 6.07) is 10.2. The highest BCUT2D eigenvalue weighted by atomic mass is 16.5. The van der Waals surface area contributed by atoms with Crippen LogP contribution in [0, 0.1) is 13.8 Å². The SMILES string of the molecule is CCOc1ccccc1-c1cnc(C)cc1C. The third kappa shape index (κ3) is 2.47. The smallest absolute Gasteiger partial charge is 0.127 e. The van der Waals surface area contributed by atoms with Crippen molar-refractivity contribution in [1.29, 1.82) is 0 Å². The predicted molar refractivity (Wildman–Crippen MR) is 70.3 cm³/mol. The number of nitrogens with zero attached hydrogens (tertiary/aromatic N) is 1. The quantitative estimate of drug-likeness (QED) is 0.796. The van der Waals surface area contributed by atoms with E-state index in [1.165, 1.54) is 5.56 Å². The Morgan fingerprint density at radius 1 is 1.12 bits per heavy atom. The average molecular weight is 227 g/mol. The highest BCUT2D eigenvalue weighted by Crippen LogP contribution is 2.31. The Morgan fingerprint density at radius 2 is 1.88 bits per heavy atom. The van der Waals surface area contributed by atoms with Gasteiger partial charge in [0.05, 0.1) is 6.61 Å². The van der Waals surface area contributed by atoms with Crippen molar-refractivity contribution in [2.75, 3.05) is 6.61 Å². The lowest BCUT2D eigenvalue weighted by molar-refractivity contribution is 0.341. The molecule has 0 atom stereocenters. The lowest BCUT2D eigenvalue weighted by Gasteiger charge is -2.12. The van der Waals surface area contributed by atoms with Gasteiger partial charge in [0.2, 0.25) is 0 Å². The van der Waals surface area contributed by atoms with Gasteiger partial charge in [-0.25, -0.2) is 0 Å². The first kappa shape index (κ1) is 11.6. The summed E-state index contributed by atoms with van der Waals surface area (Å²) >= 11 is 0. The fraction of sp³-hybridized carbons (Fsp3) is 0.267. The van der Waals surface area contributed by atoms with Gasteiger partial charge in [0.1, 0.15) is 5.75 Å². The van der Waals surface area contributed by atoms with Crippen LogP contribution in [0.4, 0.5) is 0 Å². The summed E-state index contributed by atoms with van der Waals surface area (Å²) in [7, 11) is 0. The van der Waals surface area contributed by atoms with Crippen molar-refractivity contribution < 1.29 is 4.74 Å². The fourth-order valence-electron chi connectivity index (χ4n) is 1.95. The second-order valence-corrected chi connectivity index (χ2v) is 4.07. The van der Waals surface area contributed by atoms with Gasteiger partial charge in [-0.15, -0.1) is 0 Å². The molecule has 17 heavy (non-hydrogen) atoms. The van der Waals surface area contributed by atoms with Gasteiger partial charge in [0, 0.05) is 23.0 Å². The summed E-state index contributed by atoms with van der Waals surface area (Å²) in [6.45, 7) is 6.78. The molecular weight excluding hydrogens is 210 g/mol. The molecule has 0 aliphatic carbocycles. The maximum absolute atomic E-state index is 5.65. The first-order valence-corrected chi connectivity index (χ1v) is 5.88. The van der Waals surface area contributed by atoms with Crippen molar-refractivity contribution in [2.45, 2.75) is 20.8 Å². The van der Waals surface area contributed by atoms with Crippen molar-refractivity contribution in [3.8, 4) is 16.9 Å². The van der Waals surface area contributed by atoms with Gasteiger partial charge in [-0.05, 0) is 38.5 Å². The van der Waals surface area contributed by atoms with E-state index < -0.39 is 0 Å². The lowest BCUT2D eigenvalue weighted by atomic mass is 10.0. The first-order chi connectivity index (χ1) is 8.22. The number of rotatable bonds is 3. The topological polar surface area (TPSA) is 22.1 Å². The van der Waals surface area contributed by atoms with E-state index in [2.05, 4.69) is 24.0 Å². The minimum atomic E-state index is 0.676. The summed E-state index contributed by atoms with van der Waals surface area (Å²) in [5.74, 6) is 0.920. The van der Waals surface area contributed by atoms with E-state index in [1.807, 2.05) is 38.2 Å². The van der Waals surface area contributed by atoms with Gasteiger partial charge in [0.15, 0.2) is 0 Å². The number of para-hydroxylation sites is 1. The molecule has 1 aromatic carbocycles. The van der Waals surface area contributed by atoms with E-state index >= 15 is 0 Å². The van der Waals surface area contributed by atoms with Crippen LogP contribution in [0.5, 0.6) is 5.75 Å². The molecule has 0 N–H and O–H groups in total. The Bertz CT molecular complexity index is 520. The van der Waals surface area contributed by atoms with Gasteiger partial charge in [-0.2, -0.15) is 0 Å². The molecule has 88 valence electrons. The van der Waals surface area contributed by atoms with E-state index in [-0.39, 0.29) is 0 Å². The zero-order valence-electron chi connectivity index (χ0n) is 10.5. The largest absolute Gasteiger partial charge is 0.493 e. The number of aryl methyl sites for hydroxylation is 2. The number of hydrogen-bond acceptors (Lipinski definition) is 2. The Kier molecular flexibility index (Phi) is 3.43. The van der Waals surface area contributed by atoms with E-state index in [1.54, 1.807) is 0 Å². The fourth-order valence-corrected chi connectivity index (χ4v) is 1.95. The molecule has 2 aromatic rings. The Labute approximate surface area is 102 Å². The molecule has 0 aliphatic rings. The Balaban J connectivity index is 2.52. The Hall–Kier alpha value is -1.83. The van der Waals surface area contributed by atoms with Crippen molar-refractivity contribution in [2.24, 2.45) is 0 Å². The van der Waals surface area contributed by atoms with Gasteiger partial charge >= 0.3 is 0 Å². The van der Waals surface area contributed by atoms with Crippen molar-refractivity contribution >= 4 is 0 Å². The highest BCUT2D eigenvalue weighted by Gasteiger charge is 2.08. The third-order valence-corrected chi connectivity index (χ3v) is 2.72. The van der Waals surface area contributed by atoms with Crippen molar-refractivity contribution in [1.82, 2.24) is 4.98 Å². The van der Waals surface area contributed by atoms with Gasteiger partial charge < -0.3 is 4.74 Å². The summed E-state index contributed by atoms with van der Waals surface area (Å²) in [5, 5.41) is 0. The molecule has 1 aromatic heterocycles. The predicted octanol–water partition coefficient (Wildman–Crippen LogP) is 3.76. The molecule has 0 spiro atoms. The maximum Gasteiger partial charge on any atom is 0.127 e. The van der Waals surface area contributed by atoms with Crippen LogP contribution < -0.4 is 4.74 Å². The minimum Gasteiger partial charge on any atom is -0.493 e. The van der Waals surface area contributed by atoms with Crippen LogP contribution in [0.15, 0.2) is 36.5 Å². The number of hydrogen-bond donors (Lipinski definition) is 0. The molecule has 0 unspecified atom stereocenters. The average Bonchev–Trinajstić information content (AvgIpc) is 2.31. The van der Waals surface area contributed by atoms with Gasteiger partial charge in [0.25, 0.3) is 0 Å². The van der Waals surface area contributed by atoms with Gasteiger partial charge in [-0.3, -0.25) is 4.98 Å². The molecule has 2 nitrogen and oxygen atoms in total. The Morgan fingerprint density at radius 3 is 2.59 bits per heavy atom. The number of aromatic nitrogens is 1. The van der Waals surface area contributed by atoms with Crippen LogP contribution in [0.3, 0.4) is 0 Å². The normalized spacial score (nSPS) is 10.3. The summed E-state index contributed by atoms with van der Waals surface area (Å²) < 4.78 is 5.65. The van der Waals surface area contributed by atoms with E-state index in [4.69, 9.17) is 4.74 Å². The molecule has 0 fully saturated rings. The molecule has 2 heteroatoms. The lowest BCUT2D eigenvalue weighted by Crippen LogP contribution is -1.95.